The van der Waals surface area contributed by atoms with Crippen molar-refractivity contribution in [1.29, 1.82) is 5.26 Å². The third kappa shape index (κ3) is 3.33. The van der Waals surface area contributed by atoms with Gasteiger partial charge in [-0.3, -0.25) is 9.67 Å². The molecule has 0 bridgehead atoms. The Hall–Kier alpha value is -4.09. The number of fused-ring (bicyclic) bond motifs is 2. The second-order valence-corrected chi connectivity index (χ2v) is 8.82. The minimum Gasteiger partial charge on any atom is -0.329 e. The summed E-state index contributed by atoms with van der Waals surface area (Å²) in [6, 6.07) is 12.6. The van der Waals surface area contributed by atoms with E-state index >= 15 is 0 Å². The molecular weight excluding hydrogens is 429 g/mol. The number of imidazole rings is 1. The summed E-state index contributed by atoms with van der Waals surface area (Å²) in [7, 11) is 1.91. The Balaban J connectivity index is 1.56. The number of hydrogen-bond donors (Lipinski definition) is 1. The van der Waals surface area contributed by atoms with E-state index in [-0.39, 0.29) is 5.56 Å². The summed E-state index contributed by atoms with van der Waals surface area (Å²) >= 11 is 0. The molecule has 6 rings (SSSR count). The van der Waals surface area contributed by atoms with Gasteiger partial charge in [-0.25, -0.2) is 9.37 Å². The molecule has 1 fully saturated rings. The third-order valence-corrected chi connectivity index (χ3v) is 6.68. The van der Waals surface area contributed by atoms with Crippen LogP contribution in [0.5, 0.6) is 0 Å². The van der Waals surface area contributed by atoms with Crippen molar-refractivity contribution in [3.63, 3.8) is 0 Å². The van der Waals surface area contributed by atoms with Crippen LogP contribution in [0.15, 0.2) is 55.1 Å². The number of nitrogens with one attached hydrogen (secondary N) is 1. The number of nitriles is 1. The van der Waals surface area contributed by atoms with Crippen molar-refractivity contribution in [2.75, 3.05) is 13.1 Å². The first-order valence-electron chi connectivity index (χ1n) is 11.3. The van der Waals surface area contributed by atoms with E-state index < -0.39 is 5.82 Å². The zero-order valence-corrected chi connectivity index (χ0v) is 18.7. The van der Waals surface area contributed by atoms with Crippen LogP contribution in [-0.2, 0) is 13.6 Å². The normalized spacial score (nSPS) is 15.9. The minimum atomic E-state index is -0.554. The molecule has 0 radical (unpaired) electrons. The van der Waals surface area contributed by atoms with Crippen LogP contribution in [0, 0.1) is 23.1 Å². The van der Waals surface area contributed by atoms with Gasteiger partial charge >= 0.3 is 0 Å². The molecule has 1 saturated heterocycles. The highest BCUT2D eigenvalue weighted by molar-refractivity contribution is 6.00. The monoisotopic (exact) mass is 451 g/mol. The Morgan fingerprint density at radius 2 is 2.00 bits per heavy atom. The van der Waals surface area contributed by atoms with Crippen LogP contribution in [-0.4, -0.2) is 37.4 Å². The molecule has 8 heteroatoms. The second-order valence-electron chi connectivity index (χ2n) is 8.82. The number of nitrogens with zero attached hydrogens (tertiary/aromatic N) is 6. The molecule has 34 heavy (non-hydrogen) atoms. The molecule has 7 nitrogen and oxygen atoms in total. The van der Waals surface area contributed by atoms with Crippen LogP contribution in [0.4, 0.5) is 4.39 Å². The molecule has 0 aliphatic carbocycles. The van der Waals surface area contributed by atoms with Gasteiger partial charge in [-0.1, -0.05) is 12.1 Å². The molecule has 5 aromatic rings. The molecule has 1 aliphatic heterocycles. The largest absolute Gasteiger partial charge is 0.329 e. The predicted molar refractivity (Wildman–Crippen MR) is 128 cm³/mol. The number of rotatable bonds is 4. The van der Waals surface area contributed by atoms with E-state index in [0.717, 1.165) is 64.8 Å². The van der Waals surface area contributed by atoms with Gasteiger partial charge < -0.3 is 9.88 Å². The molecule has 3 aromatic heterocycles. The minimum absolute atomic E-state index is 0.0153. The van der Waals surface area contributed by atoms with Gasteiger partial charge in [-0.05, 0) is 55.3 Å². The molecule has 1 aliphatic rings. The van der Waals surface area contributed by atoms with Gasteiger partial charge in [0.15, 0.2) is 0 Å². The van der Waals surface area contributed by atoms with Crippen LogP contribution >= 0.6 is 0 Å². The average molecular weight is 452 g/mol. The lowest BCUT2D eigenvalue weighted by atomic mass is 9.96. The summed E-state index contributed by atoms with van der Waals surface area (Å²) < 4.78 is 18.6. The van der Waals surface area contributed by atoms with Gasteiger partial charge in [0.25, 0.3) is 0 Å². The van der Waals surface area contributed by atoms with E-state index in [4.69, 9.17) is 9.97 Å². The van der Waals surface area contributed by atoms with Gasteiger partial charge in [-0.2, -0.15) is 10.4 Å². The zero-order valence-electron chi connectivity index (χ0n) is 18.7. The molecule has 168 valence electrons. The maximum atomic E-state index is 14.7. The summed E-state index contributed by atoms with van der Waals surface area (Å²) in [6.07, 6.45) is 6.66. The van der Waals surface area contributed by atoms with Crippen LogP contribution in [0.25, 0.3) is 44.3 Å². The Bertz CT molecular complexity index is 1580. The first kappa shape index (κ1) is 20.5. The summed E-state index contributed by atoms with van der Waals surface area (Å²) in [5, 5.41) is 17.9. The van der Waals surface area contributed by atoms with Crippen molar-refractivity contribution >= 4 is 21.9 Å². The highest BCUT2D eigenvalue weighted by Gasteiger charge is 2.21. The topological polar surface area (TPSA) is 84.3 Å². The SMILES string of the molecule is Cn1ncc2cc(-c3ncc4c(ncn4CC4CCNC4)c3-c3ccc(C#N)c(F)c3)ccc21. The standard InChI is InChI=1S/C26H22FN7/c1-33-22-5-4-18(8-20(22)12-32-33)25-24(17-2-3-19(10-28)21(27)9-17)26-23(13-30-25)34(15-31-26)14-16-6-7-29-11-16/h2-5,8-9,12-13,15-16,29H,6-7,11,14H2,1H3. The zero-order chi connectivity index (χ0) is 23.2. The molecule has 1 unspecified atom stereocenters. The molecule has 0 spiro atoms. The molecule has 2 aromatic carbocycles. The lowest BCUT2D eigenvalue weighted by Gasteiger charge is -2.13. The lowest BCUT2D eigenvalue weighted by molar-refractivity contribution is 0.489. The first-order chi connectivity index (χ1) is 16.6. The number of halogens is 1. The van der Waals surface area contributed by atoms with E-state index in [1.165, 1.54) is 12.1 Å². The fourth-order valence-electron chi connectivity index (χ4n) is 4.88. The lowest BCUT2D eigenvalue weighted by Crippen LogP contribution is -2.14. The summed E-state index contributed by atoms with van der Waals surface area (Å²) in [5.41, 5.74) is 5.74. The second kappa shape index (κ2) is 8.04. The highest BCUT2D eigenvalue weighted by Crippen LogP contribution is 2.37. The molecule has 0 amide bonds. The van der Waals surface area contributed by atoms with Crippen molar-refractivity contribution in [2.24, 2.45) is 13.0 Å². The average Bonchev–Trinajstić information content (AvgIpc) is 3.60. The van der Waals surface area contributed by atoms with Crippen molar-refractivity contribution < 1.29 is 4.39 Å². The number of hydrogen-bond acceptors (Lipinski definition) is 5. The maximum Gasteiger partial charge on any atom is 0.141 e. The number of pyridine rings is 1. The van der Waals surface area contributed by atoms with E-state index in [9.17, 15) is 9.65 Å². The van der Waals surface area contributed by atoms with E-state index in [0.29, 0.717) is 11.5 Å². The van der Waals surface area contributed by atoms with Crippen LogP contribution in [0.3, 0.4) is 0 Å². The van der Waals surface area contributed by atoms with Crippen molar-refractivity contribution in [1.82, 2.24) is 29.6 Å². The quantitative estimate of drug-likeness (QED) is 0.441. The fraction of sp³-hybridized carbons (Fsp3) is 0.231. The number of aromatic nitrogens is 5. The smallest absolute Gasteiger partial charge is 0.141 e. The molecular formula is C26H22FN7. The molecule has 1 N–H and O–H groups in total. The fourth-order valence-corrected chi connectivity index (χ4v) is 4.88. The van der Waals surface area contributed by atoms with Crippen molar-refractivity contribution in [3.8, 4) is 28.5 Å². The van der Waals surface area contributed by atoms with Crippen molar-refractivity contribution in [3.05, 3.63) is 66.5 Å². The van der Waals surface area contributed by atoms with Crippen LogP contribution in [0.1, 0.15) is 12.0 Å². The predicted octanol–water partition coefficient (Wildman–Crippen LogP) is 4.27. The molecule has 1 atom stereocenters. The summed E-state index contributed by atoms with van der Waals surface area (Å²) in [5.74, 6) is -0.0111. The van der Waals surface area contributed by atoms with Crippen LogP contribution < -0.4 is 5.32 Å². The molecule has 4 heterocycles. The molecule has 0 saturated carbocycles. The highest BCUT2D eigenvalue weighted by atomic mass is 19.1. The van der Waals surface area contributed by atoms with Gasteiger partial charge in [0.2, 0.25) is 0 Å². The number of aryl methyl sites for hydroxylation is 1. The Kier molecular flexibility index (Phi) is 4.85. The van der Waals surface area contributed by atoms with Gasteiger partial charge in [0.1, 0.15) is 17.4 Å². The summed E-state index contributed by atoms with van der Waals surface area (Å²) in [4.78, 5) is 9.62. The third-order valence-electron chi connectivity index (χ3n) is 6.68. The van der Waals surface area contributed by atoms with Gasteiger partial charge in [0, 0.05) is 30.1 Å². The Morgan fingerprint density at radius 3 is 2.79 bits per heavy atom. The van der Waals surface area contributed by atoms with E-state index in [1.54, 1.807) is 6.07 Å². The van der Waals surface area contributed by atoms with Crippen molar-refractivity contribution in [2.45, 2.75) is 13.0 Å². The van der Waals surface area contributed by atoms with E-state index in [1.807, 2.05) is 54.7 Å². The van der Waals surface area contributed by atoms with Gasteiger partial charge in [0.05, 0.1) is 41.0 Å². The maximum absolute atomic E-state index is 14.7. The number of benzene rings is 2. The Labute approximate surface area is 195 Å². The summed E-state index contributed by atoms with van der Waals surface area (Å²) in [6.45, 7) is 2.88. The first-order valence-corrected chi connectivity index (χ1v) is 11.3. The van der Waals surface area contributed by atoms with Gasteiger partial charge in [-0.15, -0.1) is 0 Å². The van der Waals surface area contributed by atoms with Crippen LogP contribution in [0.2, 0.25) is 0 Å². The van der Waals surface area contributed by atoms with E-state index in [2.05, 4.69) is 15.0 Å². The Morgan fingerprint density at radius 1 is 1.12 bits per heavy atom.